The highest BCUT2D eigenvalue weighted by Crippen LogP contribution is 2.40. The minimum Gasteiger partial charge on any atom is -0.495 e. The molecule has 0 unspecified atom stereocenters. The zero-order chi connectivity index (χ0) is 23.7. The second kappa shape index (κ2) is 9.36. The zero-order valence-electron chi connectivity index (χ0n) is 17.9. The standard InChI is InChI=1S/C24H19ClFN5O2S/c1-33-19-12-11-15(13-16(19)25)20-21(23(32)27-18-10-6-5-9-17(18)26)34-24-29-28-22(31(24)30-20)14-7-3-2-4-8-14/h2-13,20-21,30H,1H3,(H,27,32)/t20-,21-/m0/s1. The SMILES string of the molecule is COc1ccc([C@@H]2Nn3c(nnc3-c3ccccc3)S[C@@H]2C(=O)Nc2ccccc2F)cc1Cl. The van der Waals surface area contributed by atoms with E-state index in [1.807, 2.05) is 36.4 Å². The molecule has 172 valence electrons. The molecule has 2 N–H and O–H groups in total. The summed E-state index contributed by atoms with van der Waals surface area (Å²) in [6.45, 7) is 0. The lowest BCUT2D eigenvalue weighted by molar-refractivity contribution is -0.116. The molecule has 1 aliphatic heterocycles. The van der Waals surface area contributed by atoms with E-state index in [-0.39, 0.29) is 11.6 Å². The number of nitrogens with one attached hydrogen (secondary N) is 2. The van der Waals surface area contributed by atoms with Crippen molar-refractivity contribution in [3.8, 4) is 17.1 Å². The molecule has 1 amide bonds. The summed E-state index contributed by atoms with van der Waals surface area (Å²) >= 11 is 7.63. The van der Waals surface area contributed by atoms with Gasteiger partial charge >= 0.3 is 0 Å². The van der Waals surface area contributed by atoms with Gasteiger partial charge in [-0.05, 0) is 29.8 Å². The van der Waals surface area contributed by atoms with Crippen molar-refractivity contribution in [2.45, 2.75) is 16.4 Å². The molecule has 10 heteroatoms. The second-order valence-corrected chi connectivity index (χ2v) is 9.03. The number of methoxy groups -OCH3 is 1. The second-order valence-electron chi connectivity index (χ2n) is 7.52. The van der Waals surface area contributed by atoms with E-state index in [0.29, 0.717) is 21.8 Å². The fourth-order valence-corrected chi connectivity index (χ4v) is 5.07. The van der Waals surface area contributed by atoms with Gasteiger partial charge in [0, 0.05) is 5.56 Å². The van der Waals surface area contributed by atoms with E-state index in [1.165, 1.54) is 31.0 Å². The molecule has 0 fully saturated rings. The van der Waals surface area contributed by atoms with Gasteiger partial charge in [0.15, 0.2) is 5.82 Å². The lowest BCUT2D eigenvalue weighted by atomic mass is 10.0. The highest BCUT2D eigenvalue weighted by atomic mass is 35.5. The Morgan fingerprint density at radius 2 is 1.88 bits per heavy atom. The Kier molecular flexibility index (Phi) is 6.12. The monoisotopic (exact) mass is 495 g/mol. The van der Waals surface area contributed by atoms with E-state index < -0.39 is 17.1 Å². The Morgan fingerprint density at radius 1 is 1.12 bits per heavy atom. The van der Waals surface area contributed by atoms with E-state index in [9.17, 15) is 9.18 Å². The van der Waals surface area contributed by atoms with Crippen molar-refractivity contribution < 1.29 is 13.9 Å². The van der Waals surface area contributed by atoms with Crippen LogP contribution in [-0.4, -0.2) is 33.1 Å². The van der Waals surface area contributed by atoms with Crippen LogP contribution in [0.15, 0.2) is 78.0 Å². The highest BCUT2D eigenvalue weighted by molar-refractivity contribution is 8.00. The van der Waals surface area contributed by atoms with Gasteiger partial charge in [0.1, 0.15) is 16.8 Å². The zero-order valence-corrected chi connectivity index (χ0v) is 19.5. The molecule has 0 radical (unpaired) electrons. The lowest BCUT2D eigenvalue weighted by Crippen LogP contribution is -2.41. The number of benzene rings is 3. The summed E-state index contributed by atoms with van der Waals surface area (Å²) in [6, 6.07) is 20.5. The summed E-state index contributed by atoms with van der Waals surface area (Å²) in [4.78, 5) is 13.3. The van der Waals surface area contributed by atoms with Crippen molar-refractivity contribution in [1.29, 1.82) is 0 Å². The van der Waals surface area contributed by atoms with Crippen molar-refractivity contribution in [1.82, 2.24) is 14.9 Å². The van der Waals surface area contributed by atoms with E-state index in [0.717, 1.165) is 11.1 Å². The van der Waals surface area contributed by atoms with Crippen LogP contribution in [0.4, 0.5) is 10.1 Å². The smallest absolute Gasteiger partial charge is 0.240 e. The molecule has 0 aliphatic carbocycles. The fraction of sp³-hybridized carbons (Fsp3) is 0.125. The highest BCUT2D eigenvalue weighted by Gasteiger charge is 2.38. The molecule has 0 saturated heterocycles. The van der Waals surface area contributed by atoms with Gasteiger partial charge in [-0.1, -0.05) is 71.9 Å². The average molecular weight is 496 g/mol. The van der Waals surface area contributed by atoms with Crippen molar-refractivity contribution in [2.24, 2.45) is 0 Å². The number of carbonyl (C=O) groups is 1. The number of hydrogen-bond acceptors (Lipinski definition) is 6. The summed E-state index contributed by atoms with van der Waals surface area (Å²) in [6.07, 6.45) is 0. The molecule has 7 nitrogen and oxygen atoms in total. The number of ether oxygens (including phenoxy) is 1. The quantitative estimate of drug-likeness (QED) is 0.399. The molecule has 0 spiro atoms. The van der Waals surface area contributed by atoms with Crippen LogP contribution < -0.4 is 15.5 Å². The van der Waals surface area contributed by atoms with Crippen LogP contribution in [0.5, 0.6) is 5.75 Å². The maximum absolute atomic E-state index is 14.2. The number of rotatable bonds is 5. The minimum absolute atomic E-state index is 0.108. The Balaban J connectivity index is 1.54. The number of fused-ring (bicyclic) bond motifs is 1. The molecule has 3 aromatic carbocycles. The van der Waals surface area contributed by atoms with Crippen molar-refractivity contribution in [3.05, 3.63) is 89.2 Å². The third-order valence-electron chi connectivity index (χ3n) is 5.39. The van der Waals surface area contributed by atoms with Crippen molar-refractivity contribution in [2.75, 3.05) is 17.9 Å². The molecular weight excluding hydrogens is 477 g/mol. The van der Waals surface area contributed by atoms with Gasteiger partial charge in [0.05, 0.1) is 23.9 Å². The van der Waals surface area contributed by atoms with Gasteiger partial charge in [-0.15, -0.1) is 10.2 Å². The normalized spacial score (nSPS) is 16.9. The molecule has 5 rings (SSSR count). The first kappa shape index (κ1) is 22.2. The van der Waals surface area contributed by atoms with Gasteiger partial charge in [0.2, 0.25) is 11.1 Å². The predicted octanol–water partition coefficient (Wildman–Crippen LogP) is 5.14. The van der Waals surface area contributed by atoms with Crippen molar-refractivity contribution >= 4 is 35.0 Å². The summed E-state index contributed by atoms with van der Waals surface area (Å²) in [7, 11) is 1.54. The fourth-order valence-electron chi connectivity index (χ4n) is 3.72. The maximum atomic E-state index is 14.2. The summed E-state index contributed by atoms with van der Waals surface area (Å²) in [5.41, 5.74) is 5.11. The Morgan fingerprint density at radius 3 is 2.62 bits per heavy atom. The number of hydrogen-bond donors (Lipinski definition) is 2. The third kappa shape index (κ3) is 4.20. The topological polar surface area (TPSA) is 81.1 Å². The first-order valence-electron chi connectivity index (χ1n) is 10.4. The molecule has 1 aromatic heterocycles. The van der Waals surface area contributed by atoms with Crippen LogP contribution in [-0.2, 0) is 4.79 Å². The molecule has 2 atom stereocenters. The first-order chi connectivity index (χ1) is 16.5. The number of aromatic nitrogens is 3. The van der Waals surface area contributed by atoms with E-state index >= 15 is 0 Å². The molecule has 34 heavy (non-hydrogen) atoms. The van der Waals surface area contributed by atoms with Crippen LogP contribution in [0, 0.1) is 5.82 Å². The van der Waals surface area contributed by atoms with Gasteiger partial charge in [-0.2, -0.15) is 0 Å². The van der Waals surface area contributed by atoms with E-state index in [4.69, 9.17) is 16.3 Å². The van der Waals surface area contributed by atoms with E-state index in [2.05, 4.69) is 20.9 Å². The van der Waals surface area contributed by atoms with Crippen LogP contribution in [0.1, 0.15) is 11.6 Å². The molecule has 2 heterocycles. The largest absolute Gasteiger partial charge is 0.495 e. The first-order valence-corrected chi connectivity index (χ1v) is 11.6. The summed E-state index contributed by atoms with van der Waals surface area (Å²) < 4.78 is 21.2. The van der Waals surface area contributed by atoms with Crippen LogP contribution >= 0.6 is 23.4 Å². The predicted molar refractivity (Wildman–Crippen MR) is 130 cm³/mol. The summed E-state index contributed by atoms with van der Waals surface area (Å²) in [5, 5.41) is 11.5. The maximum Gasteiger partial charge on any atom is 0.240 e. The number of nitrogens with zero attached hydrogens (tertiary/aromatic N) is 3. The van der Waals surface area contributed by atoms with Gasteiger partial charge < -0.3 is 15.5 Å². The van der Waals surface area contributed by atoms with Crippen LogP contribution in [0.25, 0.3) is 11.4 Å². The minimum atomic E-state index is -0.690. The third-order valence-corrected chi connectivity index (χ3v) is 6.90. The number of amides is 1. The number of halogens is 2. The van der Waals surface area contributed by atoms with Crippen molar-refractivity contribution in [3.63, 3.8) is 0 Å². The van der Waals surface area contributed by atoms with E-state index in [1.54, 1.807) is 28.9 Å². The molecule has 4 aromatic rings. The Hall–Kier alpha value is -3.56. The molecule has 0 bridgehead atoms. The average Bonchev–Trinajstić information content (AvgIpc) is 3.28. The number of anilines is 1. The van der Waals surface area contributed by atoms with Crippen LogP contribution in [0.3, 0.4) is 0 Å². The van der Waals surface area contributed by atoms with Crippen LogP contribution in [0.2, 0.25) is 5.02 Å². The molecule has 0 saturated carbocycles. The number of para-hydroxylation sites is 1. The number of carbonyl (C=O) groups excluding carboxylic acids is 1. The Bertz CT molecular complexity index is 1350. The summed E-state index contributed by atoms with van der Waals surface area (Å²) in [5.74, 6) is 0.245. The van der Waals surface area contributed by atoms with Gasteiger partial charge in [-0.25, -0.2) is 9.07 Å². The lowest BCUT2D eigenvalue weighted by Gasteiger charge is -2.33. The molecule has 1 aliphatic rings. The van der Waals surface area contributed by atoms with Gasteiger partial charge in [0.25, 0.3) is 0 Å². The Labute approximate surface area is 204 Å². The molecular formula is C24H19ClFN5O2S. The number of thioether (sulfide) groups is 1. The van der Waals surface area contributed by atoms with Gasteiger partial charge in [-0.3, -0.25) is 4.79 Å².